The molecule has 1 aromatic carbocycles. The van der Waals surface area contributed by atoms with Crippen molar-refractivity contribution in [2.75, 3.05) is 6.54 Å². The van der Waals surface area contributed by atoms with Crippen molar-refractivity contribution in [3.63, 3.8) is 0 Å². The highest BCUT2D eigenvalue weighted by Crippen LogP contribution is 2.30. The molecule has 0 saturated heterocycles. The van der Waals surface area contributed by atoms with Gasteiger partial charge in [0, 0.05) is 12.8 Å². The van der Waals surface area contributed by atoms with Gasteiger partial charge in [-0.25, -0.2) is 0 Å². The van der Waals surface area contributed by atoms with E-state index in [1.54, 1.807) is 12.1 Å². The van der Waals surface area contributed by atoms with Crippen molar-refractivity contribution in [3.05, 3.63) is 23.8 Å². The third kappa shape index (κ3) is 8.68. The van der Waals surface area contributed by atoms with E-state index < -0.39 is 0 Å². The molecule has 2 N–H and O–H groups in total. The molecule has 0 aliphatic rings. The van der Waals surface area contributed by atoms with Crippen LogP contribution in [0.15, 0.2) is 18.2 Å². The van der Waals surface area contributed by atoms with Gasteiger partial charge in [0.1, 0.15) is 0 Å². The molecule has 0 aliphatic heterocycles. The standard InChI is InChI=1S/C20H31NO4/c1-3-5-7-9-19(22)24-17-12-11-16(13-14-21)15-18(17)25-20(23)10-8-6-4-2/h11-12,15H,3-10,13-14,21H2,1-2H3. The minimum Gasteiger partial charge on any atom is -0.423 e. The van der Waals surface area contributed by atoms with Crippen molar-refractivity contribution in [2.45, 2.75) is 71.6 Å². The second-order valence-electron chi connectivity index (χ2n) is 6.18. The fraction of sp³-hybridized carbons (Fsp3) is 0.600. The van der Waals surface area contributed by atoms with Crippen LogP contribution in [0.2, 0.25) is 0 Å². The highest BCUT2D eigenvalue weighted by molar-refractivity contribution is 5.76. The van der Waals surface area contributed by atoms with E-state index in [1.807, 2.05) is 6.07 Å². The zero-order valence-corrected chi connectivity index (χ0v) is 15.5. The predicted molar refractivity (Wildman–Crippen MR) is 98.8 cm³/mol. The molecule has 0 amide bonds. The van der Waals surface area contributed by atoms with E-state index in [2.05, 4.69) is 13.8 Å². The Labute approximate surface area is 150 Å². The quantitative estimate of drug-likeness (QED) is 0.348. The largest absolute Gasteiger partial charge is 0.423 e. The number of nitrogens with two attached hydrogens (primary N) is 1. The summed E-state index contributed by atoms with van der Waals surface area (Å²) in [7, 11) is 0. The summed E-state index contributed by atoms with van der Waals surface area (Å²) in [6.45, 7) is 4.66. The van der Waals surface area contributed by atoms with Gasteiger partial charge in [-0.2, -0.15) is 0 Å². The number of benzene rings is 1. The average molecular weight is 349 g/mol. The highest BCUT2D eigenvalue weighted by Gasteiger charge is 2.14. The van der Waals surface area contributed by atoms with Gasteiger partial charge in [-0.1, -0.05) is 45.6 Å². The van der Waals surface area contributed by atoms with Gasteiger partial charge < -0.3 is 15.2 Å². The summed E-state index contributed by atoms with van der Waals surface area (Å²) >= 11 is 0. The van der Waals surface area contributed by atoms with Gasteiger partial charge in [0.15, 0.2) is 11.5 Å². The van der Waals surface area contributed by atoms with E-state index >= 15 is 0 Å². The topological polar surface area (TPSA) is 78.6 Å². The van der Waals surface area contributed by atoms with Crippen LogP contribution in [0.3, 0.4) is 0 Å². The smallest absolute Gasteiger partial charge is 0.311 e. The number of unbranched alkanes of at least 4 members (excludes halogenated alkanes) is 4. The summed E-state index contributed by atoms with van der Waals surface area (Å²) in [5.74, 6) is -0.00709. The van der Waals surface area contributed by atoms with Crippen molar-refractivity contribution in [1.29, 1.82) is 0 Å². The number of carbonyl (C=O) groups is 2. The molecule has 0 unspecified atom stereocenters. The van der Waals surface area contributed by atoms with Crippen LogP contribution in [0.1, 0.15) is 70.8 Å². The zero-order valence-electron chi connectivity index (χ0n) is 15.5. The monoisotopic (exact) mass is 349 g/mol. The lowest BCUT2D eigenvalue weighted by Crippen LogP contribution is -2.12. The molecule has 1 aromatic rings. The molecule has 0 fully saturated rings. The van der Waals surface area contributed by atoms with Crippen LogP contribution in [0, 0.1) is 0 Å². The SMILES string of the molecule is CCCCCC(=O)Oc1ccc(CCN)cc1OC(=O)CCCCC. The Bertz CT molecular complexity index is 542. The number of hydrogen-bond donors (Lipinski definition) is 1. The fourth-order valence-corrected chi connectivity index (χ4v) is 2.42. The van der Waals surface area contributed by atoms with Crippen molar-refractivity contribution in [1.82, 2.24) is 0 Å². The molecule has 0 atom stereocenters. The van der Waals surface area contributed by atoms with Crippen LogP contribution in [0.4, 0.5) is 0 Å². The molecule has 25 heavy (non-hydrogen) atoms. The van der Waals surface area contributed by atoms with Crippen LogP contribution < -0.4 is 15.2 Å². The van der Waals surface area contributed by atoms with E-state index in [-0.39, 0.29) is 11.9 Å². The number of esters is 2. The van der Waals surface area contributed by atoms with Crippen molar-refractivity contribution >= 4 is 11.9 Å². The molecule has 0 spiro atoms. The summed E-state index contributed by atoms with van der Waals surface area (Å²) in [4.78, 5) is 24.0. The van der Waals surface area contributed by atoms with Crippen molar-refractivity contribution in [2.24, 2.45) is 5.73 Å². The molecule has 0 aromatic heterocycles. The molecule has 0 radical (unpaired) electrons. The van der Waals surface area contributed by atoms with Crippen LogP contribution >= 0.6 is 0 Å². The lowest BCUT2D eigenvalue weighted by Gasteiger charge is -2.12. The van der Waals surface area contributed by atoms with Gasteiger partial charge in [-0.3, -0.25) is 9.59 Å². The zero-order chi connectivity index (χ0) is 18.5. The van der Waals surface area contributed by atoms with E-state index in [0.29, 0.717) is 37.3 Å². The third-order valence-electron chi connectivity index (χ3n) is 3.86. The first kappa shape index (κ1) is 21.2. The summed E-state index contributed by atoms with van der Waals surface area (Å²) in [5, 5.41) is 0. The fourth-order valence-electron chi connectivity index (χ4n) is 2.42. The number of hydrogen-bond acceptors (Lipinski definition) is 5. The molecular weight excluding hydrogens is 318 g/mol. The van der Waals surface area contributed by atoms with Crippen LogP contribution in [-0.4, -0.2) is 18.5 Å². The second-order valence-corrected chi connectivity index (χ2v) is 6.18. The lowest BCUT2D eigenvalue weighted by atomic mass is 10.1. The van der Waals surface area contributed by atoms with Gasteiger partial charge in [0.2, 0.25) is 0 Å². The number of carbonyl (C=O) groups excluding carboxylic acids is 2. The summed E-state index contributed by atoms with van der Waals surface area (Å²) < 4.78 is 10.9. The van der Waals surface area contributed by atoms with Crippen LogP contribution in [-0.2, 0) is 16.0 Å². The normalized spacial score (nSPS) is 10.5. The molecule has 1 rings (SSSR count). The van der Waals surface area contributed by atoms with Crippen molar-refractivity contribution < 1.29 is 19.1 Å². The number of rotatable bonds is 12. The van der Waals surface area contributed by atoms with Gasteiger partial charge >= 0.3 is 11.9 Å². The molecular formula is C20H31NO4. The molecule has 0 bridgehead atoms. The lowest BCUT2D eigenvalue weighted by molar-refractivity contribution is -0.137. The Morgan fingerprint density at radius 3 is 1.96 bits per heavy atom. The Morgan fingerprint density at radius 2 is 1.44 bits per heavy atom. The molecule has 5 nitrogen and oxygen atoms in total. The van der Waals surface area contributed by atoms with Gasteiger partial charge in [-0.15, -0.1) is 0 Å². The summed E-state index contributed by atoms with van der Waals surface area (Å²) in [5.41, 5.74) is 6.54. The Balaban J connectivity index is 2.77. The molecule has 0 aliphatic carbocycles. The first-order valence-electron chi connectivity index (χ1n) is 9.35. The van der Waals surface area contributed by atoms with Gasteiger partial charge in [0.05, 0.1) is 0 Å². The summed E-state index contributed by atoms with van der Waals surface area (Å²) in [6.07, 6.45) is 7.05. The maximum absolute atomic E-state index is 12.0. The van der Waals surface area contributed by atoms with Crippen molar-refractivity contribution in [3.8, 4) is 11.5 Å². The highest BCUT2D eigenvalue weighted by atomic mass is 16.6. The second kappa shape index (κ2) is 12.5. The van der Waals surface area contributed by atoms with E-state index in [1.165, 1.54) is 0 Å². The molecule has 0 saturated carbocycles. The van der Waals surface area contributed by atoms with E-state index in [4.69, 9.17) is 15.2 Å². The number of ether oxygens (including phenoxy) is 2. The molecule has 5 heteroatoms. The Hall–Kier alpha value is -1.88. The predicted octanol–water partition coefficient (Wildman–Crippen LogP) is 4.16. The van der Waals surface area contributed by atoms with Gasteiger partial charge in [0.25, 0.3) is 0 Å². The maximum atomic E-state index is 12.0. The first-order chi connectivity index (χ1) is 12.1. The molecule has 0 heterocycles. The first-order valence-corrected chi connectivity index (χ1v) is 9.35. The van der Waals surface area contributed by atoms with E-state index in [9.17, 15) is 9.59 Å². The minimum absolute atomic E-state index is 0.297. The van der Waals surface area contributed by atoms with Crippen LogP contribution in [0.5, 0.6) is 11.5 Å². The molecule has 140 valence electrons. The Morgan fingerprint density at radius 1 is 0.880 bits per heavy atom. The third-order valence-corrected chi connectivity index (χ3v) is 3.86. The van der Waals surface area contributed by atoms with E-state index in [0.717, 1.165) is 44.1 Å². The Kier molecular flexibility index (Phi) is 10.6. The summed E-state index contributed by atoms with van der Waals surface area (Å²) in [6, 6.07) is 5.26. The minimum atomic E-state index is -0.304. The maximum Gasteiger partial charge on any atom is 0.311 e. The van der Waals surface area contributed by atoms with Gasteiger partial charge in [-0.05, 0) is 43.5 Å². The van der Waals surface area contributed by atoms with Crippen LogP contribution in [0.25, 0.3) is 0 Å². The average Bonchev–Trinajstić information content (AvgIpc) is 2.58.